The van der Waals surface area contributed by atoms with Gasteiger partial charge < -0.3 is 10.0 Å². The van der Waals surface area contributed by atoms with E-state index in [9.17, 15) is 14.7 Å². The lowest BCUT2D eigenvalue weighted by Crippen LogP contribution is -2.31. The van der Waals surface area contributed by atoms with Crippen LogP contribution in [0.4, 0.5) is 0 Å². The minimum atomic E-state index is -0.813. The molecule has 0 bridgehead atoms. The zero-order valence-corrected chi connectivity index (χ0v) is 13.5. The maximum absolute atomic E-state index is 13.2. The Morgan fingerprint density at radius 2 is 1.96 bits per heavy atom. The molecular weight excluding hydrogens is 304 g/mol. The van der Waals surface area contributed by atoms with Crippen molar-refractivity contribution in [3.05, 3.63) is 41.1 Å². The third-order valence-corrected chi connectivity index (χ3v) is 5.21. The van der Waals surface area contributed by atoms with Crippen molar-refractivity contribution in [3.63, 3.8) is 0 Å². The van der Waals surface area contributed by atoms with Crippen molar-refractivity contribution < 1.29 is 14.7 Å². The molecule has 1 aromatic heterocycles. The van der Waals surface area contributed by atoms with Crippen molar-refractivity contribution in [2.24, 2.45) is 5.92 Å². The number of carboxylic acids is 1. The number of fused-ring (bicyclic) bond motifs is 2. The summed E-state index contributed by atoms with van der Waals surface area (Å²) in [4.78, 5) is 30.9. The monoisotopic (exact) mass is 324 g/mol. The first-order chi connectivity index (χ1) is 11.6. The number of para-hydroxylation sites is 1. The van der Waals surface area contributed by atoms with Crippen molar-refractivity contribution >= 4 is 22.8 Å². The van der Waals surface area contributed by atoms with Crippen molar-refractivity contribution in [1.82, 2.24) is 9.88 Å². The smallest absolute Gasteiger partial charge is 0.308 e. The standard InChI is InChI=1S/C19H20N2O3/c22-18(21-10-9-12(11-21)19(23)24)17-13-5-1-3-7-15(13)20-16-8-4-2-6-14(16)17/h1,3,5,7,12H,2,4,6,8-11H2,(H,23,24). The van der Waals surface area contributed by atoms with E-state index in [2.05, 4.69) is 0 Å². The molecule has 1 atom stereocenters. The molecule has 5 nitrogen and oxygen atoms in total. The molecule has 1 fully saturated rings. The highest BCUT2D eigenvalue weighted by Gasteiger charge is 2.33. The second-order valence-corrected chi connectivity index (χ2v) is 6.71. The van der Waals surface area contributed by atoms with Gasteiger partial charge in [0.1, 0.15) is 0 Å². The Balaban J connectivity index is 1.80. The SMILES string of the molecule is O=C(O)C1CCN(C(=O)c2c3c(nc4ccccc24)CCCC3)C1. The van der Waals surface area contributed by atoms with Crippen LogP contribution in [-0.2, 0) is 17.6 Å². The van der Waals surface area contributed by atoms with Gasteiger partial charge in [0.25, 0.3) is 5.91 Å². The van der Waals surface area contributed by atoms with Gasteiger partial charge >= 0.3 is 5.97 Å². The van der Waals surface area contributed by atoms with E-state index in [1.54, 1.807) is 4.90 Å². The first-order valence-electron chi connectivity index (χ1n) is 8.57. The van der Waals surface area contributed by atoms with Gasteiger partial charge in [0.2, 0.25) is 0 Å². The lowest BCUT2D eigenvalue weighted by molar-refractivity contribution is -0.141. The Bertz CT molecular complexity index is 831. The van der Waals surface area contributed by atoms with E-state index < -0.39 is 11.9 Å². The van der Waals surface area contributed by atoms with Gasteiger partial charge in [0, 0.05) is 24.2 Å². The van der Waals surface area contributed by atoms with E-state index >= 15 is 0 Å². The van der Waals surface area contributed by atoms with E-state index in [1.807, 2.05) is 24.3 Å². The van der Waals surface area contributed by atoms with Crippen LogP contribution in [0.2, 0.25) is 0 Å². The van der Waals surface area contributed by atoms with Crippen LogP contribution in [0, 0.1) is 5.92 Å². The molecular formula is C19H20N2O3. The Kier molecular flexibility index (Phi) is 3.71. The highest BCUT2D eigenvalue weighted by atomic mass is 16.4. The lowest BCUT2D eigenvalue weighted by Gasteiger charge is -2.23. The van der Waals surface area contributed by atoms with Crippen molar-refractivity contribution in [2.45, 2.75) is 32.1 Å². The number of pyridine rings is 1. The van der Waals surface area contributed by atoms with Crippen molar-refractivity contribution in [3.8, 4) is 0 Å². The van der Waals surface area contributed by atoms with Gasteiger partial charge in [-0.3, -0.25) is 14.6 Å². The number of amides is 1. The van der Waals surface area contributed by atoms with Gasteiger partial charge in [0.05, 0.1) is 17.0 Å². The number of carbonyl (C=O) groups excluding carboxylic acids is 1. The van der Waals surface area contributed by atoms with Gasteiger partial charge in [0.15, 0.2) is 0 Å². The fourth-order valence-electron chi connectivity index (χ4n) is 3.92. The van der Waals surface area contributed by atoms with Crippen LogP contribution < -0.4 is 0 Å². The second kappa shape index (κ2) is 5.89. The molecule has 0 saturated carbocycles. The Morgan fingerprint density at radius 3 is 2.75 bits per heavy atom. The summed E-state index contributed by atoms with van der Waals surface area (Å²) in [6.07, 6.45) is 4.51. The molecule has 1 aromatic carbocycles. The Labute approximate surface area is 140 Å². The molecule has 4 rings (SSSR count). The second-order valence-electron chi connectivity index (χ2n) is 6.71. The molecule has 1 aliphatic heterocycles. The Hall–Kier alpha value is -2.43. The summed E-state index contributed by atoms with van der Waals surface area (Å²) in [7, 11) is 0. The predicted octanol–water partition coefficient (Wildman–Crippen LogP) is 2.66. The maximum atomic E-state index is 13.2. The highest BCUT2D eigenvalue weighted by molar-refractivity contribution is 6.08. The van der Waals surface area contributed by atoms with Crippen LogP contribution in [0.5, 0.6) is 0 Å². The number of hydrogen-bond donors (Lipinski definition) is 1. The van der Waals surface area contributed by atoms with Gasteiger partial charge in [-0.15, -0.1) is 0 Å². The molecule has 2 aromatic rings. The summed E-state index contributed by atoms with van der Waals surface area (Å²) in [5.74, 6) is -1.29. The average molecular weight is 324 g/mol. The maximum Gasteiger partial charge on any atom is 0.308 e. The molecule has 1 aliphatic carbocycles. The fourth-order valence-corrected chi connectivity index (χ4v) is 3.92. The predicted molar refractivity (Wildman–Crippen MR) is 90.0 cm³/mol. The highest BCUT2D eigenvalue weighted by Crippen LogP contribution is 2.31. The summed E-state index contributed by atoms with van der Waals surface area (Å²) in [6.45, 7) is 0.820. The summed E-state index contributed by atoms with van der Waals surface area (Å²) in [5.41, 5.74) is 3.72. The molecule has 1 saturated heterocycles. The normalized spacial score (nSPS) is 20.2. The number of benzene rings is 1. The number of nitrogens with zero attached hydrogens (tertiary/aromatic N) is 2. The zero-order valence-electron chi connectivity index (χ0n) is 13.5. The van der Waals surface area contributed by atoms with Gasteiger partial charge in [-0.05, 0) is 43.7 Å². The molecule has 1 amide bonds. The number of carboxylic acid groups (broad SMARTS) is 1. The van der Waals surface area contributed by atoms with Crippen LogP contribution in [-0.4, -0.2) is 40.0 Å². The molecule has 1 N–H and O–H groups in total. The average Bonchev–Trinajstić information content (AvgIpc) is 3.09. The van der Waals surface area contributed by atoms with E-state index in [0.29, 0.717) is 19.5 Å². The van der Waals surface area contributed by atoms with Gasteiger partial charge in [-0.25, -0.2) is 0 Å². The van der Waals surface area contributed by atoms with E-state index in [0.717, 1.165) is 53.4 Å². The molecule has 0 spiro atoms. The van der Waals surface area contributed by atoms with Crippen molar-refractivity contribution in [1.29, 1.82) is 0 Å². The fraction of sp³-hybridized carbons (Fsp3) is 0.421. The summed E-state index contributed by atoms with van der Waals surface area (Å²) < 4.78 is 0. The molecule has 0 radical (unpaired) electrons. The number of aliphatic carboxylic acids is 1. The number of hydrogen-bond acceptors (Lipinski definition) is 3. The molecule has 5 heteroatoms. The van der Waals surface area contributed by atoms with Gasteiger partial charge in [-0.1, -0.05) is 18.2 Å². The minimum Gasteiger partial charge on any atom is -0.481 e. The summed E-state index contributed by atoms with van der Waals surface area (Å²) in [5, 5.41) is 10.1. The zero-order chi connectivity index (χ0) is 16.7. The van der Waals surface area contributed by atoms with Crippen molar-refractivity contribution in [2.75, 3.05) is 13.1 Å². The number of aromatic nitrogens is 1. The quantitative estimate of drug-likeness (QED) is 0.922. The number of likely N-dealkylation sites (tertiary alicyclic amines) is 1. The van der Waals surface area contributed by atoms with Crippen LogP contribution in [0.25, 0.3) is 10.9 Å². The third-order valence-electron chi connectivity index (χ3n) is 5.21. The first-order valence-corrected chi connectivity index (χ1v) is 8.57. The van der Waals surface area contributed by atoms with Crippen LogP contribution in [0.15, 0.2) is 24.3 Å². The molecule has 24 heavy (non-hydrogen) atoms. The topological polar surface area (TPSA) is 70.5 Å². The van der Waals surface area contributed by atoms with Crippen LogP contribution in [0.1, 0.15) is 40.9 Å². The van der Waals surface area contributed by atoms with Crippen LogP contribution >= 0.6 is 0 Å². The lowest BCUT2D eigenvalue weighted by atomic mass is 9.89. The summed E-state index contributed by atoms with van der Waals surface area (Å²) >= 11 is 0. The third kappa shape index (κ3) is 2.44. The summed E-state index contributed by atoms with van der Waals surface area (Å²) in [6, 6.07) is 7.77. The minimum absolute atomic E-state index is 0.0319. The van der Waals surface area contributed by atoms with Crippen LogP contribution in [0.3, 0.4) is 0 Å². The Morgan fingerprint density at radius 1 is 1.17 bits per heavy atom. The largest absolute Gasteiger partial charge is 0.481 e. The number of rotatable bonds is 2. The molecule has 124 valence electrons. The molecule has 2 aliphatic rings. The van der Waals surface area contributed by atoms with Gasteiger partial charge in [-0.2, -0.15) is 0 Å². The van der Waals surface area contributed by atoms with E-state index in [-0.39, 0.29) is 5.91 Å². The van der Waals surface area contributed by atoms with E-state index in [4.69, 9.17) is 4.98 Å². The van der Waals surface area contributed by atoms with E-state index in [1.165, 1.54) is 0 Å². The number of carbonyl (C=O) groups is 2. The molecule has 2 heterocycles. The first kappa shape index (κ1) is 15.1. The molecule has 1 unspecified atom stereocenters. The number of aryl methyl sites for hydroxylation is 1.